The maximum absolute atomic E-state index is 12.7. The SMILES string of the molecule is O=S(=O)(Cc1ccccc1)N1CCCC1c1[nH]cnc1S. The maximum Gasteiger partial charge on any atom is 0.218 e. The van der Waals surface area contributed by atoms with Crippen LogP contribution in [0.2, 0.25) is 0 Å². The van der Waals surface area contributed by atoms with Crippen LogP contribution in [0.5, 0.6) is 0 Å². The lowest BCUT2D eigenvalue weighted by molar-refractivity contribution is 0.387. The van der Waals surface area contributed by atoms with Gasteiger partial charge in [-0.1, -0.05) is 30.3 Å². The van der Waals surface area contributed by atoms with Gasteiger partial charge in [-0.25, -0.2) is 13.4 Å². The lowest BCUT2D eigenvalue weighted by Crippen LogP contribution is -2.32. The third kappa shape index (κ3) is 3.00. The Balaban J connectivity index is 1.86. The van der Waals surface area contributed by atoms with Crippen molar-refractivity contribution in [3.8, 4) is 0 Å². The molecule has 0 radical (unpaired) electrons. The van der Waals surface area contributed by atoms with Gasteiger partial charge in [-0.3, -0.25) is 0 Å². The van der Waals surface area contributed by atoms with Gasteiger partial charge in [0.2, 0.25) is 10.0 Å². The standard InChI is InChI=1S/C14H17N3O2S2/c18-21(19,9-11-5-2-1-3-6-11)17-8-4-7-12(17)13-14(20)16-10-15-13/h1-3,5-6,10,12,20H,4,7-9H2,(H,15,16). The van der Waals surface area contributed by atoms with Crippen molar-refractivity contribution in [3.63, 3.8) is 0 Å². The Kier molecular flexibility index (Phi) is 4.05. The van der Waals surface area contributed by atoms with Crippen LogP contribution in [0.3, 0.4) is 0 Å². The van der Waals surface area contributed by atoms with Gasteiger partial charge in [-0.05, 0) is 18.4 Å². The van der Waals surface area contributed by atoms with Crippen molar-refractivity contribution >= 4 is 22.7 Å². The summed E-state index contributed by atoms with van der Waals surface area (Å²) in [6.07, 6.45) is 3.20. The van der Waals surface area contributed by atoms with E-state index in [0.29, 0.717) is 11.6 Å². The van der Waals surface area contributed by atoms with Gasteiger partial charge in [0.1, 0.15) is 5.03 Å². The van der Waals surface area contributed by atoms with Crippen LogP contribution >= 0.6 is 12.6 Å². The average molecular weight is 323 g/mol. The van der Waals surface area contributed by atoms with Gasteiger partial charge in [-0.2, -0.15) is 4.31 Å². The van der Waals surface area contributed by atoms with E-state index in [1.54, 1.807) is 10.6 Å². The Hall–Kier alpha value is -1.31. The lowest BCUT2D eigenvalue weighted by atomic mass is 10.2. The molecule has 21 heavy (non-hydrogen) atoms. The molecule has 1 aromatic carbocycles. The summed E-state index contributed by atoms with van der Waals surface area (Å²) in [6.45, 7) is 0.548. The zero-order chi connectivity index (χ0) is 14.9. The van der Waals surface area contributed by atoms with Gasteiger partial charge in [0, 0.05) is 6.54 Å². The van der Waals surface area contributed by atoms with Crippen LogP contribution in [-0.4, -0.2) is 29.2 Å². The normalized spacial score (nSPS) is 20.0. The zero-order valence-corrected chi connectivity index (χ0v) is 13.1. The van der Waals surface area contributed by atoms with Crippen LogP contribution in [0.4, 0.5) is 0 Å². The average Bonchev–Trinajstić information content (AvgIpc) is 3.07. The molecule has 0 bridgehead atoms. The number of aromatic nitrogens is 2. The van der Waals surface area contributed by atoms with Crippen molar-refractivity contribution in [1.29, 1.82) is 0 Å². The second kappa shape index (κ2) is 5.82. The van der Waals surface area contributed by atoms with Gasteiger partial charge in [0.05, 0.1) is 23.8 Å². The Bertz CT molecular complexity index is 713. The van der Waals surface area contributed by atoms with Crippen molar-refractivity contribution in [3.05, 3.63) is 47.9 Å². The van der Waals surface area contributed by atoms with Gasteiger partial charge in [-0.15, -0.1) is 12.6 Å². The molecule has 1 fully saturated rings. The van der Waals surface area contributed by atoms with Crippen LogP contribution in [-0.2, 0) is 15.8 Å². The van der Waals surface area contributed by atoms with E-state index in [0.717, 1.165) is 24.1 Å². The van der Waals surface area contributed by atoms with Gasteiger partial charge >= 0.3 is 0 Å². The third-order valence-electron chi connectivity index (χ3n) is 3.73. The number of hydrogen-bond acceptors (Lipinski definition) is 4. The summed E-state index contributed by atoms with van der Waals surface area (Å²) in [5.41, 5.74) is 1.59. The molecule has 0 aliphatic carbocycles. The first-order valence-electron chi connectivity index (χ1n) is 6.83. The molecule has 0 spiro atoms. The number of thiol groups is 1. The molecular weight excluding hydrogens is 306 g/mol. The Morgan fingerprint density at radius 3 is 2.76 bits per heavy atom. The van der Waals surface area contributed by atoms with Crippen molar-refractivity contribution in [2.75, 3.05) is 6.54 Å². The molecule has 1 saturated heterocycles. The fourth-order valence-corrected chi connectivity index (χ4v) is 4.83. The molecule has 1 aliphatic heterocycles. The van der Waals surface area contributed by atoms with Crippen LogP contribution in [0, 0.1) is 0 Å². The van der Waals surface area contributed by atoms with Crippen LogP contribution in [0.15, 0.2) is 41.7 Å². The molecule has 2 heterocycles. The van der Waals surface area contributed by atoms with E-state index in [9.17, 15) is 8.42 Å². The molecule has 1 unspecified atom stereocenters. The highest BCUT2D eigenvalue weighted by Crippen LogP contribution is 2.36. The second-order valence-corrected chi connectivity index (χ2v) is 7.50. The van der Waals surface area contributed by atoms with Gasteiger partial charge in [0.25, 0.3) is 0 Å². The highest BCUT2D eigenvalue weighted by Gasteiger charge is 2.36. The summed E-state index contributed by atoms with van der Waals surface area (Å²) in [5, 5.41) is 0.571. The largest absolute Gasteiger partial charge is 0.346 e. The molecule has 3 rings (SSSR count). The van der Waals surface area contributed by atoms with Crippen molar-refractivity contribution in [1.82, 2.24) is 14.3 Å². The number of rotatable bonds is 4. The minimum atomic E-state index is -3.35. The van der Waals surface area contributed by atoms with Gasteiger partial charge < -0.3 is 4.98 Å². The van der Waals surface area contributed by atoms with E-state index in [4.69, 9.17) is 0 Å². The number of nitrogens with zero attached hydrogens (tertiary/aromatic N) is 2. The molecule has 1 aromatic heterocycles. The van der Waals surface area contributed by atoms with Crippen molar-refractivity contribution < 1.29 is 8.42 Å². The smallest absolute Gasteiger partial charge is 0.218 e. The molecule has 1 aliphatic rings. The summed E-state index contributed by atoms with van der Waals surface area (Å²) in [4.78, 5) is 7.07. The lowest BCUT2D eigenvalue weighted by Gasteiger charge is -2.23. The number of H-pyrrole nitrogens is 1. The third-order valence-corrected chi connectivity index (χ3v) is 5.94. The molecule has 7 heteroatoms. The fraction of sp³-hybridized carbons (Fsp3) is 0.357. The highest BCUT2D eigenvalue weighted by molar-refractivity contribution is 7.88. The van der Waals surface area contributed by atoms with Crippen LogP contribution in [0.25, 0.3) is 0 Å². The van der Waals surface area contributed by atoms with E-state index in [1.165, 1.54) is 0 Å². The Labute approximate surface area is 129 Å². The molecule has 2 aromatic rings. The number of imidazole rings is 1. The van der Waals surface area contributed by atoms with Crippen LogP contribution in [0.1, 0.15) is 30.1 Å². The van der Waals surface area contributed by atoms with E-state index < -0.39 is 10.0 Å². The fourth-order valence-electron chi connectivity index (χ4n) is 2.77. The quantitative estimate of drug-likeness (QED) is 0.849. The second-order valence-electron chi connectivity index (χ2n) is 5.15. The minimum Gasteiger partial charge on any atom is -0.346 e. The number of nitrogens with one attached hydrogen (secondary N) is 1. The highest BCUT2D eigenvalue weighted by atomic mass is 32.2. The molecule has 112 valence electrons. The van der Waals surface area contributed by atoms with Gasteiger partial charge in [0.15, 0.2) is 0 Å². The summed E-state index contributed by atoms with van der Waals surface area (Å²) >= 11 is 4.30. The summed E-state index contributed by atoms with van der Waals surface area (Å²) in [7, 11) is -3.35. The Morgan fingerprint density at radius 2 is 2.10 bits per heavy atom. The number of aromatic amines is 1. The minimum absolute atomic E-state index is 0.0282. The number of benzene rings is 1. The Morgan fingerprint density at radius 1 is 1.33 bits per heavy atom. The summed E-state index contributed by atoms with van der Waals surface area (Å²) in [6, 6.07) is 9.08. The monoisotopic (exact) mass is 323 g/mol. The first-order chi connectivity index (χ1) is 10.1. The molecule has 0 amide bonds. The van der Waals surface area contributed by atoms with E-state index in [2.05, 4.69) is 22.6 Å². The summed E-state index contributed by atoms with van der Waals surface area (Å²) < 4.78 is 26.9. The molecule has 0 saturated carbocycles. The molecule has 1 N–H and O–H groups in total. The predicted octanol–water partition coefficient (Wildman–Crippen LogP) is 2.37. The van der Waals surface area contributed by atoms with E-state index >= 15 is 0 Å². The molecular formula is C14H17N3O2S2. The zero-order valence-electron chi connectivity index (χ0n) is 11.4. The number of sulfonamides is 1. The first kappa shape index (κ1) is 14.6. The molecule has 5 nitrogen and oxygen atoms in total. The van der Waals surface area contributed by atoms with Crippen molar-refractivity contribution in [2.45, 2.75) is 29.7 Å². The van der Waals surface area contributed by atoms with E-state index in [1.807, 2.05) is 30.3 Å². The maximum atomic E-state index is 12.7. The number of hydrogen-bond donors (Lipinski definition) is 2. The first-order valence-corrected chi connectivity index (χ1v) is 8.89. The predicted molar refractivity (Wildman–Crippen MR) is 83.6 cm³/mol. The molecule has 1 atom stereocenters. The van der Waals surface area contributed by atoms with Crippen molar-refractivity contribution in [2.24, 2.45) is 0 Å². The van der Waals surface area contributed by atoms with Crippen LogP contribution < -0.4 is 0 Å². The van der Waals surface area contributed by atoms with E-state index in [-0.39, 0.29) is 11.8 Å². The topological polar surface area (TPSA) is 66.1 Å². The summed E-state index contributed by atoms with van der Waals surface area (Å²) in [5.74, 6) is 0.0282.